The lowest BCUT2D eigenvalue weighted by molar-refractivity contribution is 0.288. The number of nitrogens with zero attached hydrogens (tertiary/aromatic N) is 1. The third-order valence-corrected chi connectivity index (χ3v) is 6.44. The van der Waals surface area contributed by atoms with E-state index in [4.69, 9.17) is 4.74 Å². The largest absolute Gasteiger partial charge is 0.457 e. The van der Waals surface area contributed by atoms with Crippen molar-refractivity contribution in [2.45, 2.75) is 31.6 Å². The number of piperidine rings is 1. The average molecular weight is 345 g/mol. The normalized spacial score (nSPS) is 16.9. The summed E-state index contributed by atoms with van der Waals surface area (Å²) in [4.78, 5) is 0.328. The van der Waals surface area contributed by atoms with Crippen molar-refractivity contribution in [1.82, 2.24) is 4.31 Å². The van der Waals surface area contributed by atoms with Gasteiger partial charge < -0.3 is 4.74 Å². The van der Waals surface area contributed by atoms with Gasteiger partial charge in [-0.05, 0) is 61.6 Å². The maximum absolute atomic E-state index is 12.7. The van der Waals surface area contributed by atoms with E-state index >= 15 is 0 Å². The van der Waals surface area contributed by atoms with E-state index in [-0.39, 0.29) is 0 Å². The van der Waals surface area contributed by atoms with Crippen molar-refractivity contribution in [3.8, 4) is 11.5 Å². The van der Waals surface area contributed by atoms with Crippen molar-refractivity contribution in [2.24, 2.45) is 5.92 Å². The van der Waals surface area contributed by atoms with Crippen molar-refractivity contribution < 1.29 is 13.2 Å². The molecule has 2 aromatic rings. The van der Waals surface area contributed by atoms with Crippen LogP contribution in [0.15, 0.2) is 53.4 Å². The topological polar surface area (TPSA) is 46.6 Å². The maximum Gasteiger partial charge on any atom is 0.243 e. The van der Waals surface area contributed by atoms with Crippen LogP contribution in [-0.4, -0.2) is 25.8 Å². The van der Waals surface area contributed by atoms with Crippen LogP contribution in [0.4, 0.5) is 0 Å². The molecule has 0 bridgehead atoms. The van der Waals surface area contributed by atoms with Crippen molar-refractivity contribution in [1.29, 1.82) is 0 Å². The summed E-state index contributed by atoms with van der Waals surface area (Å²) in [5, 5.41) is 0. The molecule has 0 spiro atoms. The Balaban J connectivity index is 1.75. The molecule has 0 saturated carbocycles. The van der Waals surface area contributed by atoms with Crippen LogP contribution in [0.1, 0.15) is 25.3 Å². The summed E-state index contributed by atoms with van der Waals surface area (Å²) in [7, 11) is -3.41. The summed E-state index contributed by atoms with van der Waals surface area (Å²) < 4.78 is 32.8. The molecule has 0 aromatic heterocycles. The molecular formula is C19H23NO3S. The highest BCUT2D eigenvalue weighted by atomic mass is 32.2. The summed E-state index contributed by atoms with van der Waals surface area (Å²) in [6, 6.07) is 14.4. The Morgan fingerprint density at radius 2 is 1.62 bits per heavy atom. The van der Waals surface area contributed by atoms with Gasteiger partial charge in [-0.15, -0.1) is 0 Å². The third-order valence-electron chi connectivity index (χ3n) is 4.53. The number of rotatable bonds is 4. The van der Waals surface area contributed by atoms with E-state index in [1.165, 1.54) is 0 Å². The molecule has 0 aliphatic carbocycles. The number of para-hydroxylation sites is 1. The molecule has 4 nitrogen and oxygen atoms in total. The number of ether oxygens (including phenoxy) is 1. The number of benzene rings is 2. The SMILES string of the molecule is Cc1ccccc1Oc1ccc(S(=O)(=O)N2CCC(C)CC2)cc1. The van der Waals surface area contributed by atoms with Gasteiger partial charge in [-0.3, -0.25) is 0 Å². The van der Waals surface area contributed by atoms with Gasteiger partial charge in [0.25, 0.3) is 0 Å². The van der Waals surface area contributed by atoms with E-state index < -0.39 is 10.0 Å². The van der Waals surface area contributed by atoms with Crippen LogP contribution in [0.2, 0.25) is 0 Å². The highest BCUT2D eigenvalue weighted by molar-refractivity contribution is 7.89. The Kier molecular flexibility index (Phi) is 4.92. The fourth-order valence-electron chi connectivity index (χ4n) is 2.85. The molecule has 0 N–H and O–H groups in total. The third kappa shape index (κ3) is 3.62. The molecule has 0 atom stereocenters. The zero-order chi connectivity index (χ0) is 17.2. The Hall–Kier alpha value is -1.85. The standard InChI is InChI=1S/C19H23NO3S/c1-15-11-13-20(14-12-15)24(21,22)18-9-7-17(8-10-18)23-19-6-4-3-5-16(19)2/h3-10,15H,11-14H2,1-2H3. The van der Waals surface area contributed by atoms with Crippen LogP contribution in [-0.2, 0) is 10.0 Å². The van der Waals surface area contributed by atoms with E-state index in [1.807, 2.05) is 31.2 Å². The molecule has 1 saturated heterocycles. The summed E-state index contributed by atoms with van der Waals surface area (Å²) in [6.45, 7) is 5.35. The zero-order valence-corrected chi connectivity index (χ0v) is 14.9. The van der Waals surface area contributed by atoms with Gasteiger partial charge in [0.1, 0.15) is 11.5 Å². The fraction of sp³-hybridized carbons (Fsp3) is 0.368. The lowest BCUT2D eigenvalue weighted by atomic mass is 10.0. The highest BCUT2D eigenvalue weighted by Crippen LogP contribution is 2.28. The quantitative estimate of drug-likeness (QED) is 0.834. The Morgan fingerprint density at radius 1 is 1.00 bits per heavy atom. The number of hydrogen-bond donors (Lipinski definition) is 0. The number of sulfonamides is 1. The van der Waals surface area contributed by atoms with E-state index in [1.54, 1.807) is 28.6 Å². The van der Waals surface area contributed by atoms with Crippen molar-refractivity contribution in [3.63, 3.8) is 0 Å². The first kappa shape index (κ1) is 17.0. The lowest BCUT2D eigenvalue weighted by Crippen LogP contribution is -2.37. The first-order valence-electron chi connectivity index (χ1n) is 8.30. The summed E-state index contributed by atoms with van der Waals surface area (Å²) in [6.07, 6.45) is 1.85. The van der Waals surface area contributed by atoms with Gasteiger partial charge in [0.05, 0.1) is 4.90 Å². The van der Waals surface area contributed by atoms with Crippen LogP contribution in [0.25, 0.3) is 0 Å². The molecule has 5 heteroatoms. The molecular weight excluding hydrogens is 322 g/mol. The van der Waals surface area contributed by atoms with E-state index in [0.717, 1.165) is 24.2 Å². The molecule has 0 radical (unpaired) electrons. The van der Waals surface area contributed by atoms with Gasteiger partial charge in [-0.1, -0.05) is 25.1 Å². The molecule has 1 aliphatic rings. The number of aryl methyl sites for hydroxylation is 1. The van der Waals surface area contributed by atoms with Crippen LogP contribution in [0.5, 0.6) is 11.5 Å². The second-order valence-corrected chi connectivity index (χ2v) is 8.36. The van der Waals surface area contributed by atoms with Crippen LogP contribution in [0.3, 0.4) is 0 Å². The molecule has 0 unspecified atom stereocenters. The Labute approximate surface area is 144 Å². The van der Waals surface area contributed by atoms with Crippen molar-refractivity contribution in [2.75, 3.05) is 13.1 Å². The molecule has 3 rings (SSSR count). The van der Waals surface area contributed by atoms with Gasteiger partial charge in [0.15, 0.2) is 0 Å². The average Bonchev–Trinajstić information content (AvgIpc) is 2.58. The minimum Gasteiger partial charge on any atom is -0.457 e. The Bertz CT molecular complexity index is 792. The van der Waals surface area contributed by atoms with Crippen LogP contribution < -0.4 is 4.74 Å². The minimum absolute atomic E-state index is 0.328. The zero-order valence-electron chi connectivity index (χ0n) is 14.1. The van der Waals surface area contributed by atoms with E-state index in [0.29, 0.717) is 29.7 Å². The van der Waals surface area contributed by atoms with Gasteiger partial charge in [-0.2, -0.15) is 4.31 Å². The second kappa shape index (κ2) is 6.95. The smallest absolute Gasteiger partial charge is 0.243 e. The predicted molar refractivity (Wildman–Crippen MR) is 94.9 cm³/mol. The minimum atomic E-state index is -3.41. The molecule has 1 aliphatic heterocycles. The summed E-state index contributed by atoms with van der Waals surface area (Å²) in [5.41, 5.74) is 1.04. The first-order valence-corrected chi connectivity index (χ1v) is 9.74. The van der Waals surface area contributed by atoms with Crippen LogP contribution >= 0.6 is 0 Å². The molecule has 1 heterocycles. The van der Waals surface area contributed by atoms with E-state index in [2.05, 4.69) is 6.92 Å². The van der Waals surface area contributed by atoms with Gasteiger partial charge in [0, 0.05) is 13.1 Å². The van der Waals surface area contributed by atoms with Gasteiger partial charge in [0.2, 0.25) is 10.0 Å². The second-order valence-electron chi connectivity index (χ2n) is 6.43. The molecule has 128 valence electrons. The number of hydrogen-bond acceptors (Lipinski definition) is 3. The van der Waals surface area contributed by atoms with Gasteiger partial charge in [-0.25, -0.2) is 8.42 Å². The van der Waals surface area contributed by atoms with Crippen molar-refractivity contribution in [3.05, 3.63) is 54.1 Å². The molecule has 24 heavy (non-hydrogen) atoms. The maximum atomic E-state index is 12.7. The van der Waals surface area contributed by atoms with Gasteiger partial charge >= 0.3 is 0 Å². The summed E-state index contributed by atoms with van der Waals surface area (Å²) >= 11 is 0. The van der Waals surface area contributed by atoms with E-state index in [9.17, 15) is 8.42 Å². The van der Waals surface area contributed by atoms with Crippen molar-refractivity contribution >= 4 is 10.0 Å². The molecule has 2 aromatic carbocycles. The predicted octanol–water partition coefficient (Wildman–Crippen LogP) is 4.21. The summed E-state index contributed by atoms with van der Waals surface area (Å²) in [5.74, 6) is 2.01. The lowest BCUT2D eigenvalue weighted by Gasteiger charge is -2.29. The fourth-order valence-corrected chi connectivity index (χ4v) is 4.32. The highest BCUT2D eigenvalue weighted by Gasteiger charge is 2.27. The van der Waals surface area contributed by atoms with Crippen LogP contribution in [0, 0.1) is 12.8 Å². The Morgan fingerprint density at radius 3 is 2.25 bits per heavy atom. The monoisotopic (exact) mass is 345 g/mol. The molecule has 0 amide bonds. The first-order chi connectivity index (χ1) is 11.5. The molecule has 1 fully saturated rings.